The Balaban J connectivity index is 0.00000196. The summed E-state index contributed by atoms with van der Waals surface area (Å²) >= 11 is 12.1. The summed E-state index contributed by atoms with van der Waals surface area (Å²) in [5, 5.41) is 4.86. The maximum Gasteiger partial charge on any atom is 0.120 e. The van der Waals surface area contributed by atoms with Crippen LogP contribution in [0.15, 0.2) is 42.5 Å². The molecule has 0 saturated carbocycles. The van der Waals surface area contributed by atoms with Gasteiger partial charge in [0.1, 0.15) is 12.4 Å². The van der Waals surface area contributed by atoms with Crippen molar-refractivity contribution >= 4 is 48.0 Å². The van der Waals surface area contributed by atoms with Crippen molar-refractivity contribution in [3.05, 3.63) is 63.6 Å². The molecule has 1 atom stereocenters. The van der Waals surface area contributed by atoms with E-state index in [2.05, 4.69) is 29.3 Å². The molecule has 3 rings (SSSR count). The van der Waals surface area contributed by atoms with Crippen LogP contribution in [0.4, 0.5) is 0 Å². The van der Waals surface area contributed by atoms with Crippen molar-refractivity contribution in [3.8, 4) is 5.75 Å². The minimum Gasteiger partial charge on any atom is -0.489 e. The first-order valence-corrected chi connectivity index (χ1v) is 10.0. The third-order valence-electron chi connectivity index (χ3n) is 4.92. The van der Waals surface area contributed by atoms with Crippen molar-refractivity contribution in [3.63, 3.8) is 0 Å². The van der Waals surface area contributed by atoms with Crippen LogP contribution in [-0.2, 0) is 13.2 Å². The normalized spacial score (nSPS) is 16.3. The lowest BCUT2D eigenvalue weighted by Gasteiger charge is -2.23. The van der Waals surface area contributed by atoms with Gasteiger partial charge in [-0.3, -0.25) is 4.90 Å². The quantitative estimate of drug-likeness (QED) is 0.518. The Morgan fingerprint density at radius 3 is 2.71 bits per heavy atom. The lowest BCUT2D eigenvalue weighted by molar-refractivity contribution is 0.260. The molecule has 1 aliphatic rings. The van der Waals surface area contributed by atoms with Crippen LogP contribution in [0.1, 0.15) is 30.9 Å². The fraction of sp³-hybridized carbons (Fsp3) is 0.429. The van der Waals surface area contributed by atoms with E-state index in [1.54, 1.807) is 6.07 Å². The topological polar surface area (TPSA) is 24.5 Å². The second-order valence-electron chi connectivity index (χ2n) is 6.73. The van der Waals surface area contributed by atoms with E-state index in [9.17, 15) is 0 Å². The van der Waals surface area contributed by atoms with Gasteiger partial charge in [-0.05, 0) is 55.8 Å². The van der Waals surface area contributed by atoms with Crippen LogP contribution in [0.25, 0.3) is 0 Å². The molecule has 1 aliphatic heterocycles. The van der Waals surface area contributed by atoms with Gasteiger partial charge in [-0.25, -0.2) is 0 Å². The van der Waals surface area contributed by atoms with Gasteiger partial charge in [0.25, 0.3) is 0 Å². The highest BCUT2D eigenvalue weighted by Crippen LogP contribution is 2.23. The van der Waals surface area contributed by atoms with Gasteiger partial charge in [0, 0.05) is 34.7 Å². The van der Waals surface area contributed by atoms with Crippen LogP contribution in [0.2, 0.25) is 10.0 Å². The summed E-state index contributed by atoms with van der Waals surface area (Å²) < 4.78 is 5.90. The maximum absolute atomic E-state index is 6.20. The molecule has 0 aromatic heterocycles. The minimum absolute atomic E-state index is 0. The summed E-state index contributed by atoms with van der Waals surface area (Å²) in [5.74, 6) is 0.853. The Kier molecular flexibility index (Phi) is 11.6. The first kappa shape index (κ1) is 25.4. The van der Waals surface area contributed by atoms with Gasteiger partial charge in [0.05, 0.1) is 0 Å². The number of nitrogens with zero attached hydrogens (tertiary/aromatic N) is 1. The Morgan fingerprint density at radius 2 is 1.96 bits per heavy atom. The van der Waals surface area contributed by atoms with E-state index in [0.29, 0.717) is 22.7 Å². The Morgan fingerprint density at radius 1 is 1.14 bits per heavy atom. The van der Waals surface area contributed by atoms with Gasteiger partial charge in [-0.15, -0.1) is 24.8 Å². The molecule has 1 fully saturated rings. The van der Waals surface area contributed by atoms with E-state index in [1.807, 2.05) is 24.3 Å². The zero-order valence-electron chi connectivity index (χ0n) is 16.0. The second kappa shape index (κ2) is 12.8. The summed E-state index contributed by atoms with van der Waals surface area (Å²) in [6.45, 7) is 6.95. The van der Waals surface area contributed by atoms with E-state index in [0.717, 1.165) is 30.9 Å². The number of hydrogen-bond donors (Lipinski definition) is 1. The number of hydrogen-bond acceptors (Lipinski definition) is 3. The van der Waals surface area contributed by atoms with E-state index in [1.165, 1.54) is 24.9 Å². The molecule has 0 bridgehead atoms. The fourth-order valence-corrected chi connectivity index (χ4v) is 3.93. The largest absolute Gasteiger partial charge is 0.489 e. The van der Waals surface area contributed by atoms with E-state index in [-0.39, 0.29) is 24.8 Å². The third-order valence-corrected chi connectivity index (χ3v) is 5.51. The average molecular weight is 466 g/mol. The molecule has 2 aromatic carbocycles. The van der Waals surface area contributed by atoms with Crippen LogP contribution in [0, 0.1) is 0 Å². The number of nitrogens with one attached hydrogen (secondary N) is 1. The van der Waals surface area contributed by atoms with Crippen molar-refractivity contribution in [1.82, 2.24) is 10.2 Å². The minimum atomic E-state index is 0. The van der Waals surface area contributed by atoms with Crippen molar-refractivity contribution in [2.24, 2.45) is 0 Å². The highest BCUT2D eigenvalue weighted by Gasteiger charge is 2.21. The molecule has 1 heterocycles. The molecule has 1 saturated heterocycles. The molecule has 0 aliphatic carbocycles. The lowest BCUT2D eigenvalue weighted by atomic mass is 10.2. The average Bonchev–Trinajstić information content (AvgIpc) is 3.09. The third kappa shape index (κ3) is 7.29. The van der Waals surface area contributed by atoms with Crippen molar-refractivity contribution in [2.75, 3.05) is 19.6 Å². The monoisotopic (exact) mass is 464 g/mol. The molecule has 0 spiro atoms. The number of benzene rings is 2. The number of rotatable bonds is 8. The predicted octanol–water partition coefficient (Wildman–Crippen LogP) is 5.99. The van der Waals surface area contributed by atoms with Crippen molar-refractivity contribution in [2.45, 2.75) is 39.0 Å². The van der Waals surface area contributed by atoms with Crippen molar-refractivity contribution < 1.29 is 4.74 Å². The zero-order chi connectivity index (χ0) is 18.4. The number of likely N-dealkylation sites (N-methyl/N-ethyl adjacent to an activating group) is 1. The molecule has 2 aromatic rings. The molecular formula is C21H28Cl4N2O. The van der Waals surface area contributed by atoms with Crippen LogP contribution in [0.3, 0.4) is 0 Å². The molecular weight excluding hydrogens is 438 g/mol. The van der Waals surface area contributed by atoms with Crippen LogP contribution in [0.5, 0.6) is 5.75 Å². The first-order valence-electron chi connectivity index (χ1n) is 9.26. The SMILES string of the molecule is CCN1CCCC1CNCc1cccc(OCc2ccc(Cl)cc2Cl)c1.Cl.Cl. The first-order chi connectivity index (χ1) is 12.7. The van der Waals surface area contributed by atoms with Crippen LogP contribution < -0.4 is 10.1 Å². The number of ether oxygens (including phenoxy) is 1. The molecule has 7 heteroatoms. The Hall–Kier alpha value is -0.680. The smallest absolute Gasteiger partial charge is 0.120 e. The van der Waals surface area contributed by atoms with E-state index < -0.39 is 0 Å². The molecule has 1 unspecified atom stereocenters. The summed E-state index contributed by atoms with van der Waals surface area (Å²) in [5.41, 5.74) is 2.16. The fourth-order valence-electron chi connectivity index (χ4n) is 3.47. The van der Waals surface area contributed by atoms with Gasteiger partial charge in [0.2, 0.25) is 0 Å². The molecule has 156 valence electrons. The van der Waals surface area contributed by atoms with Gasteiger partial charge in [-0.1, -0.05) is 48.3 Å². The second-order valence-corrected chi connectivity index (χ2v) is 7.57. The summed E-state index contributed by atoms with van der Waals surface area (Å²) in [4.78, 5) is 2.56. The molecule has 3 nitrogen and oxygen atoms in total. The molecule has 0 radical (unpaired) electrons. The van der Waals surface area contributed by atoms with Gasteiger partial charge < -0.3 is 10.1 Å². The van der Waals surface area contributed by atoms with Crippen LogP contribution in [-0.4, -0.2) is 30.6 Å². The lowest BCUT2D eigenvalue weighted by Crippen LogP contribution is -2.37. The predicted molar refractivity (Wildman–Crippen MR) is 124 cm³/mol. The standard InChI is InChI=1S/C21H26Cl2N2O.2ClH/c1-2-25-10-4-6-19(25)14-24-13-16-5-3-7-20(11-16)26-15-17-8-9-18(22)12-21(17)23;;/h3,5,7-9,11-12,19,24H,2,4,6,10,13-15H2,1H3;2*1H. The number of halogens is 4. The van der Waals surface area contributed by atoms with E-state index >= 15 is 0 Å². The zero-order valence-corrected chi connectivity index (χ0v) is 19.1. The number of likely N-dealkylation sites (tertiary alicyclic amines) is 1. The van der Waals surface area contributed by atoms with Crippen LogP contribution >= 0.6 is 48.0 Å². The highest BCUT2D eigenvalue weighted by atomic mass is 35.5. The summed E-state index contributed by atoms with van der Waals surface area (Å²) in [7, 11) is 0. The molecule has 28 heavy (non-hydrogen) atoms. The Bertz CT molecular complexity index is 729. The van der Waals surface area contributed by atoms with Gasteiger partial charge in [0.15, 0.2) is 0 Å². The maximum atomic E-state index is 6.20. The summed E-state index contributed by atoms with van der Waals surface area (Å²) in [6, 6.07) is 14.4. The van der Waals surface area contributed by atoms with Gasteiger partial charge >= 0.3 is 0 Å². The summed E-state index contributed by atoms with van der Waals surface area (Å²) in [6.07, 6.45) is 2.61. The van der Waals surface area contributed by atoms with Gasteiger partial charge in [-0.2, -0.15) is 0 Å². The Labute approximate surface area is 190 Å². The highest BCUT2D eigenvalue weighted by molar-refractivity contribution is 6.35. The van der Waals surface area contributed by atoms with Crippen molar-refractivity contribution in [1.29, 1.82) is 0 Å². The molecule has 0 amide bonds. The molecule has 1 N–H and O–H groups in total. The van der Waals surface area contributed by atoms with E-state index in [4.69, 9.17) is 27.9 Å².